The summed E-state index contributed by atoms with van der Waals surface area (Å²) >= 11 is 3.15. The first-order valence-electron chi connectivity index (χ1n) is 6.06. The highest BCUT2D eigenvalue weighted by Gasteiger charge is 2.13. The van der Waals surface area contributed by atoms with Gasteiger partial charge in [-0.15, -0.1) is 0 Å². The van der Waals surface area contributed by atoms with Crippen LogP contribution in [0.1, 0.15) is 22.8 Å². The minimum absolute atomic E-state index is 0.158. The van der Waals surface area contributed by atoms with Crippen LogP contribution >= 0.6 is 15.9 Å². The monoisotopic (exact) mass is 339 g/mol. The van der Waals surface area contributed by atoms with Gasteiger partial charge in [0.25, 0.3) is 5.91 Å². The summed E-state index contributed by atoms with van der Waals surface area (Å²) in [5.41, 5.74) is 1.61. The highest BCUT2D eigenvalue weighted by Crippen LogP contribution is 2.24. The summed E-state index contributed by atoms with van der Waals surface area (Å²) < 4.78 is 10.8. The minimum Gasteiger partial charge on any atom is -0.494 e. The molecule has 0 aliphatic heterocycles. The van der Waals surface area contributed by atoms with Crippen LogP contribution in [0.4, 0.5) is 5.69 Å². The summed E-state index contributed by atoms with van der Waals surface area (Å²) in [6.45, 7) is 2.22. The van der Waals surface area contributed by atoms with Gasteiger partial charge in [-0.1, -0.05) is 0 Å². The van der Waals surface area contributed by atoms with E-state index in [1.807, 2.05) is 6.92 Å². The van der Waals surface area contributed by atoms with Crippen LogP contribution in [0.3, 0.4) is 0 Å². The Morgan fingerprint density at radius 3 is 2.85 bits per heavy atom. The zero-order valence-electron chi connectivity index (χ0n) is 10.9. The second-order valence-corrected chi connectivity index (χ2v) is 4.70. The first-order chi connectivity index (χ1) is 9.65. The van der Waals surface area contributed by atoms with Gasteiger partial charge < -0.3 is 19.6 Å². The van der Waals surface area contributed by atoms with E-state index in [0.29, 0.717) is 33.8 Å². The van der Waals surface area contributed by atoms with Gasteiger partial charge in [-0.25, -0.2) is 0 Å². The maximum Gasteiger partial charge on any atom is 0.260 e. The average Bonchev–Trinajstić information content (AvgIpc) is 2.87. The largest absolute Gasteiger partial charge is 0.494 e. The third kappa shape index (κ3) is 3.20. The normalized spacial score (nSPS) is 10.3. The van der Waals surface area contributed by atoms with Crippen molar-refractivity contribution in [2.45, 2.75) is 13.5 Å². The molecule has 20 heavy (non-hydrogen) atoms. The zero-order chi connectivity index (χ0) is 14.5. The Balaban J connectivity index is 2.18. The van der Waals surface area contributed by atoms with Crippen LogP contribution in [0.15, 0.2) is 39.6 Å². The summed E-state index contributed by atoms with van der Waals surface area (Å²) in [4.78, 5) is 12.0. The molecule has 1 amide bonds. The lowest BCUT2D eigenvalue weighted by molar-refractivity contribution is 0.102. The fourth-order valence-corrected chi connectivity index (χ4v) is 2.15. The van der Waals surface area contributed by atoms with Gasteiger partial charge >= 0.3 is 0 Å². The summed E-state index contributed by atoms with van der Waals surface area (Å²) in [5.74, 6) is 0.316. The second kappa shape index (κ2) is 6.58. The molecule has 0 bridgehead atoms. The third-order valence-corrected chi connectivity index (χ3v) is 3.27. The summed E-state index contributed by atoms with van der Waals surface area (Å²) in [6, 6.07) is 6.68. The number of benzene rings is 1. The van der Waals surface area contributed by atoms with E-state index in [1.165, 1.54) is 6.26 Å². The highest BCUT2D eigenvalue weighted by molar-refractivity contribution is 9.10. The summed E-state index contributed by atoms with van der Waals surface area (Å²) in [5, 5.41) is 12.1. The Kier molecular flexibility index (Phi) is 4.81. The molecule has 0 unspecified atom stereocenters. The summed E-state index contributed by atoms with van der Waals surface area (Å²) in [7, 11) is 0. The molecule has 1 aromatic heterocycles. The lowest BCUT2D eigenvalue weighted by Gasteiger charge is -2.11. The van der Waals surface area contributed by atoms with E-state index in [1.54, 1.807) is 24.3 Å². The van der Waals surface area contributed by atoms with E-state index in [4.69, 9.17) is 9.15 Å². The number of nitrogens with one attached hydrogen (secondary N) is 1. The van der Waals surface area contributed by atoms with Gasteiger partial charge in [0, 0.05) is 11.3 Å². The van der Waals surface area contributed by atoms with Crippen molar-refractivity contribution in [2.75, 3.05) is 11.9 Å². The van der Waals surface area contributed by atoms with E-state index in [0.717, 1.165) is 0 Å². The van der Waals surface area contributed by atoms with Gasteiger partial charge in [-0.2, -0.15) is 0 Å². The molecule has 6 heteroatoms. The topological polar surface area (TPSA) is 71.7 Å². The number of ether oxygens (including phenoxy) is 1. The Bertz CT molecular complexity index is 609. The van der Waals surface area contributed by atoms with Gasteiger partial charge in [-0.05, 0) is 47.1 Å². The van der Waals surface area contributed by atoms with Crippen molar-refractivity contribution in [3.8, 4) is 5.75 Å². The average molecular weight is 340 g/mol. The Labute approximate surface area is 124 Å². The van der Waals surface area contributed by atoms with Crippen LogP contribution in [0.2, 0.25) is 0 Å². The number of hydrogen-bond acceptors (Lipinski definition) is 4. The van der Waals surface area contributed by atoms with E-state index in [2.05, 4.69) is 21.2 Å². The first-order valence-corrected chi connectivity index (χ1v) is 6.86. The molecule has 106 valence electrons. The maximum atomic E-state index is 12.0. The molecule has 0 atom stereocenters. The zero-order valence-corrected chi connectivity index (χ0v) is 12.4. The Morgan fingerprint density at radius 2 is 2.25 bits per heavy atom. The Hall–Kier alpha value is -1.79. The molecule has 1 heterocycles. The number of hydrogen-bond donors (Lipinski definition) is 2. The van der Waals surface area contributed by atoms with Gasteiger partial charge in [0.15, 0.2) is 4.67 Å². The molecular formula is C14H14BrNO4. The molecule has 0 saturated carbocycles. The molecule has 5 nitrogen and oxygen atoms in total. The quantitative estimate of drug-likeness (QED) is 0.877. The molecule has 1 aromatic carbocycles. The molecule has 0 saturated heterocycles. The van der Waals surface area contributed by atoms with Crippen LogP contribution in [-0.2, 0) is 6.61 Å². The van der Waals surface area contributed by atoms with Crippen LogP contribution < -0.4 is 10.1 Å². The van der Waals surface area contributed by atoms with Crippen molar-refractivity contribution in [3.05, 3.63) is 46.3 Å². The Morgan fingerprint density at radius 1 is 1.45 bits per heavy atom. The number of halogens is 1. The summed E-state index contributed by atoms with van der Waals surface area (Å²) in [6.07, 6.45) is 1.43. The molecule has 0 spiro atoms. The van der Waals surface area contributed by atoms with Crippen molar-refractivity contribution in [1.29, 1.82) is 0 Å². The molecule has 0 fully saturated rings. The highest BCUT2D eigenvalue weighted by atomic mass is 79.9. The SMILES string of the molecule is CCOc1ccc(NC(=O)c2ccoc2Br)cc1CO. The number of aliphatic hydroxyl groups is 1. The van der Waals surface area contributed by atoms with Crippen LogP contribution in [0, 0.1) is 0 Å². The van der Waals surface area contributed by atoms with Crippen LogP contribution in [0.5, 0.6) is 5.75 Å². The molecular weight excluding hydrogens is 326 g/mol. The van der Waals surface area contributed by atoms with Crippen molar-refractivity contribution in [3.63, 3.8) is 0 Å². The number of furan rings is 1. The molecule has 2 N–H and O–H groups in total. The predicted molar refractivity (Wildman–Crippen MR) is 77.9 cm³/mol. The minimum atomic E-state index is -0.293. The van der Waals surface area contributed by atoms with Gasteiger partial charge in [-0.3, -0.25) is 4.79 Å². The first kappa shape index (κ1) is 14.6. The standard InChI is InChI=1S/C14H14BrNO4/c1-2-19-12-4-3-10(7-9(12)8-17)16-14(18)11-5-6-20-13(11)15/h3-7,17H,2,8H2,1H3,(H,16,18). The van der Waals surface area contributed by atoms with Crippen LogP contribution in [0.25, 0.3) is 0 Å². The lowest BCUT2D eigenvalue weighted by atomic mass is 10.2. The molecule has 0 aliphatic carbocycles. The lowest BCUT2D eigenvalue weighted by Crippen LogP contribution is -2.12. The number of carbonyl (C=O) groups excluding carboxylic acids is 1. The van der Waals surface area contributed by atoms with Crippen LogP contribution in [-0.4, -0.2) is 17.6 Å². The van der Waals surface area contributed by atoms with E-state index in [9.17, 15) is 9.90 Å². The smallest absolute Gasteiger partial charge is 0.260 e. The van der Waals surface area contributed by atoms with Gasteiger partial charge in [0.05, 0.1) is 25.0 Å². The second-order valence-electron chi connectivity index (χ2n) is 3.98. The van der Waals surface area contributed by atoms with Crippen molar-refractivity contribution >= 4 is 27.5 Å². The van der Waals surface area contributed by atoms with Crippen molar-refractivity contribution < 1.29 is 19.1 Å². The van der Waals surface area contributed by atoms with Crippen molar-refractivity contribution in [1.82, 2.24) is 0 Å². The fourth-order valence-electron chi connectivity index (χ4n) is 1.73. The predicted octanol–water partition coefficient (Wildman–Crippen LogP) is 3.19. The number of rotatable bonds is 5. The number of aliphatic hydroxyl groups excluding tert-OH is 1. The number of carbonyl (C=O) groups is 1. The van der Waals surface area contributed by atoms with E-state index in [-0.39, 0.29) is 12.5 Å². The molecule has 2 rings (SSSR count). The third-order valence-electron chi connectivity index (χ3n) is 2.65. The van der Waals surface area contributed by atoms with Crippen molar-refractivity contribution in [2.24, 2.45) is 0 Å². The molecule has 2 aromatic rings. The fraction of sp³-hybridized carbons (Fsp3) is 0.214. The van der Waals surface area contributed by atoms with E-state index >= 15 is 0 Å². The number of amides is 1. The number of anilines is 1. The van der Waals surface area contributed by atoms with Gasteiger partial charge in [0.1, 0.15) is 5.75 Å². The van der Waals surface area contributed by atoms with E-state index < -0.39 is 0 Å². The van der Waals surface area contributed by atoms with Gasteiger partial charge in [0.2, 0.25) is 0 Å². The maximum absolute atomic E-state index is 12.0. The molecule has 0 radical (unpaired) electrons. The molecule has 0 aliphatic rings.